The highest BCUT2D eigenvalue weighted by molar-refractivity contribution is 7.80. The van der Waals surface area contributed by atoms with E-state index in [0.717, 1.165) is 12.4 Å². The van der Waals surface area contributed by atoms with Crippen LogP contribution in [0.15, 0.2) is 12.4 Å². The molecule has 10 nitrogen and oxygen atoms in total. The van der Waals surface area contributed by atoms with Crippen LogP contribution in [0.2, 0.25) is 0 Å². The van der Waals surface area contributed by atoms with Gasteiger partial charge < -0.3 is 20.2 Å². The second-order valence-corrected chi connectivity index (χ2v) is 4.69. The summed E-state index contributed by atoms with van der Waals surface area (Å²) in [4.78, 5) is 28.6. The zero-order valence-corrected chi connectivity index (χ0v) is 12.1. The molecule has 0 N–H and O–H groups in total. The molecule has 2 heterocycles. The van der Waals surface area contributed by atoms with Gasteiger partial charge in [-0.2, -0.15) is 12.6 Å². The molecule has 2 aromatic rings. The van der Waals surface area contributed by atoms with E-state index in [4.69, 9.17) is 0 Å². The van der Waals surface area contributed by atoms with E-state index in [-0.39, 0.29) is 11.6 Å². The first kappa shape index (κ1) is 15.0. The SMILES string of the molecule is CCn1c([N+](=O)[O-])cnc1C(S)c1ncc([N+](=O)[O-])n1C. The normalized spacial score (nSPS) is 12.3. The van der Waals surface area contributed by atoms with Crippen LogP contribution in [0.5, 0.6) is 0 Å². The molecule has 0 aromatic carbocycles. The zero-order chi connectivity index (χ0) is 15.7. The minimum Gasteiger partial charge on any atom is -0.358 e. The van der Waals surface area contributed by atoms with Crippen molar-refractivity contribution in [1.82, 2.24) is 19.1 Å². The summed E-state index contributed by atoms with van der Waals surface area (Å²) in [7, 11) is 1.48. The Bertz CT molecular complexity index is 708. The van der Waals surface area contributed by atoms with Gasteiger partial charge in [-0.3, -0.25) is 0 Å². The van der Waals surface area contributed by atoms with Gasteiger partial charge in [0.25, 0.3) is 0 Å². The lowest BCUT2D eigenvalue weighted by atomic mass is 10.3. The van der Waals surface area contributed by atoms with Crippen molar-refractivity contribution < 1.29 is 9.85 Å². The molecule has 0 aliphatic rings. The van der Waals surface area contributed by atoms with Gasteiger partial charge in [-0.1, -0.05) is 0 Å². The third-order valence-corrected chi connectivity index (χ3v) is 3.51. The fourth-order valence-electron chi connectivity index (χ4n) is 2.02. The van der Waals surface area contributed by atoms with Crippen LogP contribution < -0.4 is 0 Å². The first-order valence-electron chi connectivity index (χ1n) is 5.92. The summed E-state index contributed by atoms with van der Waals surface area (Å²) in [5.74, 6) is 0.264. The van der Waals surface area contributed by atoms with Crippen LogP contribution >= 0.6 is 12.6 Å². The Morgan fingerprint density at radius 1 is 1.19 bits per heavy atom. The Balaban J connectivity index is 2.48. The molecule has 0 saturated heterocycles. The lowest BCUT2D eigenvalue weighted by Crippen LogP contribution is -2.12. The van der Waals surface area contributed by atoms with Gasteiger partial charge in [-0.25, -0.2) is 19.1 Å². The second kappa shape index (κ2) is 5.52. The maximum absolute atomic E-state index is 10.9. The molecule has 0 radical (unpaired) electrons. The smallest absolute Gasteiger partial charge is 0.342 e. The summed E-state index contributed by atoms with van der Waals surface area (Å²) in [6, 6.07) is 0. The van der Waals surface area contributed by atoms with E-state index in [9.17, 15) is 20.2 Å². The van der Waals surface area contributed by atoms with Gasteiger partial charge in [-0.15, -0.1) is 0 Å². The number of nitrogens with zero attached hydrogens (tertiary/aromatic N) is 6. The molecule has 0 fully saturated rings. The lowest BCUT2D eigenvalue weighted by Gasteiger charge is -2.07. The maximum atomic E-state index is 10.9. The van der Waals surface area contributed by atoms with E-state index < -0.39 is 15.1 Å². The van der Waals surface area contributed by atoms with Crippen LogP contribution in [0.4, 0.5) is 11.6 Å². The number of hydrogen-bond donors (Lipinski definition) is 1. The lowest BCUT2D eigenvalue weighted by molar-refractivity contribution is -0.392. The molecular weight excluding hydrogens is 300 g/mol. The van der Waals surface area contributed by atoms with Crippen molar-refractivity contribution in [1.29, 1.82) is 0 Å². The molecule has 0 saturated carbocycles. The molecule has 0 bridgehead atoms. The highest BCUT2D eigenvalue weighted by atomic mass is 32.1. The Hall–Kier alpha value is -2.43. The highest BCUT2D eigenvalue weighted by Gasteiger charge is 2.31. The molecule has 1 atom stereocenters. The van der Waals surface area contributed by atoms with Crippen molar-refractivity contribution in [3.05, 3.63) is 44.3 Å². The molecule has 0 aliphatic carbocycles. The van der Waals surface area contributed by atoms with E-state index in [2.05, 4.69) is 22.6 Å². The average Bonchev–Trinajstić information content (AvgIpc) is 3.00. The van der Waals surface area contributed by atoms with Gasteiger partial charge in [0.2, 0.25) is 11.6 Å². The van der Waals surface area contributed by atoms with Crippen LogP contribution in [0.25, 0.3) is 0 Å². The number of nitro groups is 2. The van der Waals surface area contributed by atoms with E-state index in [1.165, 1.54) is 16.2 Å². The molecule has 0 aliphatic heterocycles. The third kappa shape index (κ3) is 2.46. The summed E-state index contributed by atoms with van der Waals surface area (Å²) in [5, 5.41) is 21.0. The topological polar surface area (TPSA) is 122 Å². The second-order valence-electron chi connectivity index (χ2n) is 4.17. The predicted octanol–water partition coefficient (Wildman–Crippen LogP) is 1.47. The fourth-order valence-corrected chi connectivity index (χ4v) is 2.47. The van der Waals surface area contributed by atoms with Crippen LogP contribution in [0, 0.1) is 20.2 Å². The number of imidazole rings is 2. The van der Waals surface area contributed by atoms with Gasteiger partial charge in [0.05, 0.1) is 13.6 Å². The van der Waals surface area contributed by atoms with Crippen molar-refractivity contribution in [3.8, 4) is 0 Å². The average molecular weight is 312 g/mol. The van der Waals surface area contributed by atoms with Gasteiger partial charge in [0, 0.05) is 0 Å². The van der Waals surface area contributed by atoms with E-state index in [1.54, 1.807) is 6.92 Å². The van der Waals surface area contributed by atoms with Gasteiger partial charge >= 0.3 is 11.6 Å². The van der Waals surface area contributed by atoms with Crippen LogP contribution in [-0.2, 0) is 13.6 Å². The number of thiol groups is 1. The zero-order valence-electron chi connectivity index (χ0n) is 11.2. The van der Waals surface area contributed by atoms with Crippen molar-refractivity contribution in [3.63, 3.8) is 0 Å². The van der Waals surface area contributed by atoms with Crippen LogP contribution in [0.1, 0.15) is 23.8 Å². The molecule has 2 rings (SSSR count). The number of hydrogen-bond acceptors (Lipinski definition) is 7. The van der Waals surface area contributed by atoms with Crippen molar-refractivity contribution in [2.45, 2.75) is 18.7 Å². The van der Waals surface area contributed by atoms with Gasteiger partial charge in [0.15, 0.2) is 5.25 Å². The third-order valence-electron chi connectivity index (χ3n) is 3.04. The molecule has 11 heteroatoms. The van der Waals surface area contributed by atoms with E-state index >= 15 is 0 Å². The summed E-state index contributed by atoms with van der Waals surface area (Å²) in [6.07, 6.45) is 2.26. The summed E-state index contributed by atoms with van der Waals surface area (Å²) >= 11 is 4.35. The predicted molar refractivity (Wildman–Crippen MR) is 75.2 cm³/mol. The number of aromatic nitrogens is 4. The Kier molecular flexibility index (Phi) is 3.93. The molecule has 21 heavy (non-hydrogen) atoms. The summed E-state index contributed by atoms with van der Waals surface area (Å²) in [6.45, 7) is 2.06. The van der Waals surface area contributed by atoms with Gasteiger partial charge in [0.1, 0.15) is 12.4 Å². The Morgan fingerprint density at radius 2 is 1.71 bits per heavy atom. The Morgan fingerprint density at radius 3 is 2.19 bits per heavy atom. The van der Waals surface area contributed by atoms with Crippen LogP contribution in [-0.4, -0.2) is 28.9 Å². The van der Waals surface area contributed by atoms with Crippen LogP contribution in [0.3, 0.4) is 0 Å². The fraction of sp³-hybridized carbons (Fsp3) is 0.400. The van der Waals surface area contributed by atoms with Crippen molar-refractivity contribution in [2.75, 3.05) is 0 Å². The summed E-state index contributed by atoms with van der Waals surface area (Å²) in [5.41, 5.74) is 0. The molecule has 0 spiro atoms. The molecule has 2 aromatic heterocycles. The highest BCUT2D eigenvalue weighted by Crippen LogP contribution is 2.30. The molecule has 1 unspecified atom stereocenters. The van der Waals surface area contributed by atoms with E-state index in [1.807, 2.05) is 0 Å². The first-order valence-corrected chi connectivity index (χ1v) is 6.44. The van der Waals surface area contributed by atoms with Crippen molar-refractivity contribution >= 4 is 24.3 Å². The largest absolute Gasteiger partial charge is 0.358 e. The van der Waals surface area contributed by atoms with Crippen molar-refractivity contribution in [2.24, 2.45) is 7.05 Å². The minimum absolute atomic E-state index is 0.157. The van der Waals surface area contributed by atoms with Gasteiger partial charge in [-0.05, 0) is 16.8 Å². The number of rotatable bonds is 5. The first-order chi connectivity index (χ1) is 9.88. The maximum Gasteiger partial charge on any atom is 0.342 e. The monoisotopic (exact) mass is 312 g/mol. The standard InChI is InChI=1S/C10H12N6O4S/c1-3-14-7(16(19)20)5-12-10(14)8(21)9-11-4-6(13(9)2)15(17)18/h4-5,8,21H,3H2,1-2H3. The molecule has 112 valence electrons. The molecular formula is C10H12N6O4S. The summed E-state index contributed by atoms with van der Waals surface area (Å²) < 4.78 is 2.66. The Labute approximate surface area is 124 Å². The quantitative estimate of drug-likeness (QED) is 0.507. The molecule has 0 amide bonds. The van der Waals surface area contributed by atoms with E-state index in [0.29, 0.717) is 18.2 Å². The minimum atomic E-state index is -0.711.